The zero-order valence-corrected chi connectivity index (χ0v) is 15.5. The molecule has 0 unspecified atom stereocenters. The Hall–Kier alpha value is -2.57. The lowest BCUT2D eigenvalue weighted by Gasteiger charge is -2.40. The van der Waals surface area contributed by atoms with Gasteiger partial charge in [0.25, 0.3) is 0 Å². The molecule has 1 saturated heterocycles. The maximum atomic E-state index is 12.4. The first kappa shape index (κ1) is 19.8. The molecule has 1 aliphatic heterocycles. The first-order chi connectivity index (χ1) is 12.3. The van der Waals surface area contributed by atoms with Crippen molar-refractivity contribution in [3.8, 4) is 0 Å². The maximum absolute atomic E-state index is 12.4. The third-order valence-electron chi connectivity index (χ3n) is 3.94. The summed E-state index contributed by atoms with van der Waals surface area (Å²) < 4.78 is 10.7. The van der Waals surface area contributed by atoms with Gasteiger partial charge >= 0.3 is 12.2 Å². The molecule has 26 heavy (non-hydrogen) atoms. The van der Waals surface area contributed by atoms with E-state index in [1.165, 1.54) is 9.80 Å². The standard InChI is InChI=1S/C19H26N2O5/c1-19(2,3)26-17(23)20-10-11-21(16(13-20)9-12-22)18(24)25-14-15-7-5-4-6-8-15/h4-8,12,16H,9-11,13-14H2,1-3H3/t16-/m0/s1. The Balaban J connectivity index is 1.95. The van der Waals surface area contributed by atoms with Crippen LogP contribution in [0.15, 0.2) is 30.3 Å². The van der Waals surface area contributed by atoms with E-state index in [9.17, 15) is 14.4 Å². The van der Waals surface area contributed by atoms with Crippen LogP contribution in [-0.2, 0) is 20.9 Å². The van der Waals surface area contributed by atoms with Gasteiger partial charge in [-0.25, -0.2) is 9.59 Å². The van der Waals surface area contributed by atoms with Crippen LogP contribution in [0.5, 0.6) is 0 Å². The SMILES string of the molecule is CC(C)(C)OC(=O)N1CCN(C(=O)OCc2ccccc2)[C@@H](CC=O)C1. The van der Waals surface area contributed by atoms with Crippen molar-refractivity contribution in [2.75, 3.05) is 19.6 Å². The van der Waals surface area contributed by atoms with Gasteiger partial charge in [-0.15, -0.1) is 0 Å². The molecular formula is C19H26N2O5. The predicted octanol–water partition coefficient (Wildman–Crippen LogP) is 2.83. The lowest BCUT2D eigenvalue weighted by molar-refractivity contribution is -0.109. The van der Waals surface area contributed by atoms with E-state index in [1.54, 1.807) is 20.8 Å². The summed E-state index contributed by atoms with van der Waals surface area (Å²) in [5, 5.41) is 0. The molecule has 0 bridgehead atoms. The highest BCUT2D eigenvalue weighted by Crippen LogP contribution is 2.18. The highest BCUT2D eigenvalue weighted by Gasteiger charge is 2.34. The summed E-state index contributed by atoms with van der Waals surface area (Å²) in [7, 11) is 0. The second-order valence-electron chi connectivity index (χ2n) is 7.22. The second-order valence-corrected chi connectivity index (χ2v) is 7.22. The van der Waals surface area contributed by atoms with Crippen LogP contribution in [0.2, 0.25) is 0 Å². The van der Waals surface area contributed by atoms with Crippen molar-refractivity contribution >= 4 is 18.5 Å². The van der Waals surface area contributed by atoms with Gasteiger partial charge in [-0.3, -0.25) is 0 Å². The average molecular weight is 362 g/mol. The Labute approximate surface area is 153 Å². The van der Waals surface area contributed by atoms with Crippen LogP contribution in [-0.4, -0.2) is 59.5 Å². The van der Waals surface area contributed by atoms with Crippen molar-refractivity contribution in [3.05, 3.63) is 35.9 Å². The molecule has 1 heterocycles. The number of hydrogen-bond donors (Lipinski definition) is 0. The molecule has 1 fully saturated rings. The molecule has 142 valence electrons. The lowest BCUT2D eigenvalue weighted by Crippen LogP contribution is -2.57. The van der Waals surface area contributed by atoms with Crippen molar-refractivity contribution in [1.82, 2.24) is 9.80 Å². The minimum absolute atomic E-state index is 0.139. The Morgan fingerprint density at radius 3 is 2.46 bits per heavy atom. The number of aldehydes is 1. The topological polar surface area (TPSA) is 76.2 Å². The fourth-order valence-electron chi connectivity index (χ4n) is 2.70. The van der Waals surface area contributed by atoms with Crippen molar-refractivity contribution in [2.24, 2.45) is 0 Å². The molecule has 0 spiro atoms. The number of rotatable bonds is 4. The van der Waals surface area contributed by atoms with Crippen LogP contribution in [0.25, 0.3) is 0 Å². The molecule has 0 aromatic heterocycles. The van der Waals surface area contributed by atoms with Gasteiger partial charge in [-0.2, -0.15) is 0 Å². The number of piperazine rings is 1. The minimum atomic E-state index is -0.594. The van der Waals surface area contributed by atoms with Crippen molar-refractivity contribution in [3.63, 3.8) is 0 Å². The second kappa shape index (κ2) is 8.69. The zero-order valence-electron chi connectivity index (χ0n) is 15.5. The van der Waals surface area contributed by atoms with Crippen molar-refractivity contribution in [1.29, 1.82) is 0 Å². The van der Waals surface area contributed by atoms with Crippen molar-refractivity contribution in [2.45, 2.75) is 45.4 Å². The van der Waals surface area contributed by atoms with E-state index in [4.69, 9.17) is 9.47 Å². The number of hydrogen-bond acceptors (Lipinski definition) is 5. The molecule has 1 aromatic carbocycles. The largest absolute Gasteiger partial charge is 0.445 e. The number of benzene rings is 1. The van der Waals surface area contributed by atoms with E-state index >= 15 is 0 Å². The van der Waals surface area contributed by atoms with Crippen LogP contribution < -0.4 is 0 Å². The van der Waals surface area contributed by atoms with Gasteiger partial charge < -0.3 is 24.1 Å². The molecule has 0 radical (unpaired) electrons. The van der Waals surface area contributed by atoms with E-state index in [0.29, 0.717) is 13.1 Å². The van der Waals surface area contributed by atoms with Gasteiger partial charge in [-0.1, -0.05) is 30.3 Å². The highest BCUT2D eigenvalue weighted by atomic mass is 16.6. The highest BCUT2D eigenvalue weighted by molar-refractivity contribution is 5.71. The normalized spacial score (nSPS) is 17.6. The van der Waals surface area contributed by atoms with Gasteiger partial charge in [0.05, 0.1) is 6.04 Å². The summed E-state index contributed by atoms with van der Waals surface area (Å²) in [6, 6.07) is 8.96. The summed E-state index contributed by atoms with van der Waals surface area (Å²) in [6.07, 6.45) is -0.0317. The van der Waals surface area contributed by atoms with Gasteiger partial charge in [0.1, 0.15) is 18.5 Å². The summed E-state index contributed by atoms with van der Waals surface area (Å²) >= 11 is 0. The number of amides is 2. The van der Waals surface area contributed by atoms with E-state index < -0.39 is 23.8 Å². The Kier molecular flexibility index (Phi) is 6.60. The molecule has 1 aliphatic rings. The van der Waals surface area contributed by atoms with Crippen LogP contribution in [0.1, 0.15) is 32.8 Å². The van der Waals surface area contributed by atoms with Crippen LogP contribution in [0, 0.1) is 0 Å². The van der Waals surface area contributed by atoms with Crippen molar-refractivity contribution < 1.29 is 23.9 Å². The summed E-state index contributed by atoms with van der Waals surface area (Å²) in [4.78, 5) is 38.7. The summed E-state index contributed by atoms with van der Waals surface area (Å²) in [5.41, 5.74) is 0.295. The van der Waals surface area contributed by atoms with E-state index in [0.717, 1.165) is 11.8 Å². The quantitative estimate of drug-likeness (QED) is 0.770. The number of carbonyl (C=O) groups excluding carboxylic acids is 3. The third kappa shape index (κ3) is 5.75. The molecule has 0 N–H and O–H groups in total. The van der Waals surface area contributed by atoms with E-state index in [1.807, 2.05) is 30.3 Å². The number of ether oxygens (including phenoxy) is 2. The van der Waals surface area contributed by atoms with Crippen LogP contribution in [0.3, 0.4) is 0 Å². The fraction of sp³-hybridized carbons (Fsp3) is 0.526. The maximum Gasteiger partial charge on any atom is 0.410 e. The van der Waals surface area contributed by atoms with E-state index in [2.05, 4.69) is 0 Å². The Bertz CT molecular complexity index is 627. The zero-order chi connectivity index (χ0) is 19.2. The Morgan fingerprint density at radius 2 is 1.85 bits per heavy atom. The molecule has 0 saturated carbocycles. The molecule has 7 heteroatoms. The van der Waals surface area contributed by atoms with Gasteiger partial charge in [0, 0.05) is 26.1 Å². The monoisotopic (exact) mass is 362 g/mol. The van der Waals surface area contributed by atoms with Gasteiger partial charge in [0.15, 0.2) is 0 Å². The first-order valence-corrected chi connectivity index (χ1v) is 8.69. The van der Waals surface area contributed by atoms with Crippen LogP contribution >= 0.6 is 0 Å². The first-order valence-electron chi connectivity index (χ1n) is 8.69. The third-order valence-corrected chi connectivity index (χ3v) is 3.94. The van der Waals surface area contributed by atoms with Gasteiger partial charge in [0.2, 0.25) is 0 Å². The minimum Gasteiger partial charge on any atom is -0.445 e. The molecule has 0 aliphatic carbocycles. The molecule has 7 nitrogen and oxygen atoms in total. The molecule has 2 rings (SSSR count). The number of carbonyl (C=O) groups is 3. The molecular weight excluding hydrogens is 336 g/mol. The number of nitrogens with zero attached hydrogens (tertiary/aromatic N) is 2. The Morgan fingerprint density at radius 1 is 1.15 bits per heavy atom. The van der Waals surface area contributed by atoms with E-state index in [-0.39, 0.29) is 19.6 Å². The van der Waals surface area contributed by atoms with Crippen LogP contribution in [0.4, 0.5) is 9.59 Å². The molecule has 2 amide bonds. The average Bonchev–Trinajstić information content (AvgIpc) is 2.59. The summed E-state index contributed by atoms with van der Waals surface area (Å²) in [5.74, 6) is 0. The lowest BCUT2D eigenvalue weighted by atomic mass is 10.1. The smallest absolute Gasteiger partial charge is 0.410 e. The fourth-order valence-corrected chi connectivity index (χ4v) is 2.70. The summed E-state index contributed by atoms with van der Waals surface area (Å²) in [6.45, 7) is 6.44. The predicted molar refractivity (Wildman–Crippen MR) is 95.6 cm³/mol. The molecule has 1 aromatic rings. The van der Waals surface area contributed by atoms with Gasteiger partial charge in [-0.05, 0) is 26.3 Å². The molecule has 1 atom stereocenters.